The molecule has 0 aliphatic rings. The number of ether oxygens (including phenoxy) is 2. The van der Waals surface area contributed by atoms with Crippen LogP contribution in [0.3, 0.4) is 0 Å². The molecule has 0 fully saturated rings. The lowest BCUT2D eigenvalue weighted by molar-refractivity contribution is -0.137. The van der Waals surface area contributed by atoms with Crippen molar-refractivity contribution in [2.45, 2.75) is 31.8 Å². The first-order chi connectivity index (χ1) is 9.47. The van der Waals surface area contributed by atoms with Gasteiger partial charge in [0.1, 0.15) is 6.23 Å². The maximum Gasteiger partial charge on any atom is 0.416 e. The zero-order valence-electron chi connectivity index (χ0n) is 11.7. The van der Waals surface area contributed by atoms with Crippen LogP contribution in [0.5, 0.6) is 0 Å². The zero-order chi connectivity index (χ0) is 15.0. The molecule has 0 saturated carbocycles. The van der Waals surface area contributed by atoms with E-state index in [-0.39, 0.29) is 6.23 Å². The highest BCUT2D eigenvalue weighted by Crippen LogP contribution is 2.29. The minimum atomic E-state index is -4.29. The second-order valence-corrected chi connectivity index (χ2v) is 4.43. The molecule has 0 aliphatic heterocycles. The van der Waals surface area contributed by atoms with Crippen LogP contribution in [0.25, 0.3) is 0 Å². The maximum absolute atomic E-state index is 12.4. The molecule has 0 amide bonds. The number of halogens is 3. The fraction of sp³-hybridized carbons (Fsp3) is 0.571. The lowest BCUT2D eigenvalue weighted by atomic mass is 10.1. The van der Waals surface area contributed by atoms with Crippen molar-refractivity contribution in [3.05, 3.63) is 35.4 Å². The molecule has 0 heterocycles. The first-order valence-corrected chi connectivity index (χ1v) is 6.38. The van der Waals surface area contributed by atoms with Gasteiger partial charge in [-0.3, -0.25) is 5.32 Å². The summed E-state index contributed by atoms with van der Waals surface area (Å²) in [6.07, 6.45) is -2.78. The Balaban J connectivity index is 2.44. The molecule has 1 atom stereocenters. The van der Waals surface area contributed by atoms with Gasteiger partial charge in [0.2, 0.25) is 0 Å². The summed E-state index contributed by atoms with van der Waals surface area (Å²) >= 11 is 0. The molecule has 0 aliphatic carbocycles. The maximum atomic E-state index is 12.4. The summed E-state index contributed by atoms with van der Waals surface area (Å²) in [7, 11) is 3.23. The molecular weight excluding hydrogens is 271 g/mol. The Hall–Kier alpha value is -1.11. The van der Waals surface area contributed by atoms with Crippen LogP contribution in [-0.2, 0) is 22.2 Å². The van der Waals surface area contributed by atoms with Crippen LogP contribution >= 0.6 is 0 Å². The zero-order valence-corrected chi connectivity index (χ0v) is 11.7. The third-order valence-electron chi connectivity index (χ3n) is 2.91. The number of alkyl halides is 3. The molecule has 1 unspecified atom stereocenters. The average molecular weight is 291 g/mol. The first-order valence-electron chi connectivity index (χ1n) is 6.38. The van der Waals surface area contributed by atoms with Crippen molar-refractivity contribution in [2.24, 2.45) is 0 Å². The minimum absolute atomic E-state index is 0.132. The van der Waals surface area contributed by atoms with Crippen LogP contribution in [0, 0.1) is 0 Å². The standard InChI is InChI=1S/C14H20F3NO2/c1-19-9-3-4-13(20-2)18-10-11-5-7-12(8-6-11)14(15,16)17/h5-8,13,18H,3-4,9-10H2,1-2H3. The monoisotopic (exact) mass is 291 g/mol. The molecule has 1 aromatic carbocycles. The highest BCUT2D eigenvalue weighted by Gasteiger charge is 2.29. The second-order valence-electron chi connectivity index (χ2n) is 4.43. The number of methoxy groups -OCH3 is 2. The van der Waals surface area contributed by atoms with Gasteiger partial charge >= 0.3 is 6.18 Å². The summed E-state index contributed by atoms with van der Waals surface area (Å²) in [6, 6.07) is 5.11. The van der Waals surface area contributed by atoms with Gasteiger partial charge < -0.3 is 9.47 Å². The predicted octanol–water partition coefficient (Wildman–Crippen LogP) is 3.19. The largest absolute Gasteiger partial charge is 0.416 e. The second kappa shape index (κ2) is 8.24. The Morgan fingerprint density at radius 1 is 1.15 bits per heavy atom. The van der Waals surface area contributed by atoms with Crippen LogP contribution in [0.2, 0.25) is 0 Å². The molecule has 0 spiro atoms. The summed E-state index contributed by atoms with van der Waals surface area (Å²) in [5.41, 5.74) is 0.149. The predicted molar refractivity (Wildman–Crippen MR) is 70.2 cm³/mol. The topological polar surface area (TPSA) is 30.5 Å². The van der Waals surface area contributed by atoms with Crippen molar-refractivity contribution in [1.82, 2.24) is 5.32 Å². The first kappa shape index (κ1) is 16.9. The van der Waals surface area contributed by atoms with E-state index in [1.54, 1.807) is 14.2 Å². The smallest absolute Gasteiger partial charge is 0.385 e. The average Bonchev–Trinajstić information content (AvgIpc) is 2.42. The van der Waals surface area contributed by atoms with E-state index in [1.807, 2.05) is 0 Å². The van der Waals surface area contributed by atoms with Gasteiger partial charge in [0.05, 0.1) is 5.56 Å². The van der Waals surface area contributed by atoms with Crippen molar-refractivity contribution in [1.29, 1.82) is 0 Å². The number of benzene rings is 1. The van der Waals surface area contributed by atoms with Gasteiger partial charge in [-0.2, -0.15) is 13.2 Å². The summed E-state index contributed by atoms with van der Waals surface area (Å²) in [6.45, 7) is 1.12. The number of hydrogen-bond donors (Lipinski definition) is 1. The molecule has 3 nitrogen and oxygen atoms in total. The molecule has 0 radical (unpaired) electrons. The molecule has 0 saturated heterocycles. The van der Waals surface area contributed by atoms with E-state index < -0.39 is 11.7 Å². The van der Waals surface area contributed by atoms with Gasteiger partial charge in [-0.25, -0.2) is 0 Å². The highest BCUT2D eigenvalue weighted by molar-refractivity contribution is 5.24. The van der Waals surface area contributed by atoms with E-state index in [9.17, 15) is 13.2 Å². The minimum Gasteiger partial charge on any atom is -0.385 e. The van der Waals surface area contributed by atoms with Crippen LogP contribution in [-0.4, -0.2) is 27.1 Å². The SMILES string of the molecule is COCCCC(NCc1ccc(C(F)(F)F)cc1)OC. The lowest BCUT2D eigenvalue weighted by Crippen LogP contribution is -2.30. The molecule has 1 rings (SSSR count). The van der Waals surface area contributed by atoms with Crippen LogP contribution < -0.4 is 5.32 Å². The molecule has 1 aromatic rings. The molecule has 1 N–H and O–H groups in total. The molecule has 0 aromatic heterocycles. The van der Waals surface area contributed by atoms with E-state index in [2.05, 4.69) is 5.32 Å². The van der Waals surface area contributed by atoms with E-state index in [0.717, 1.165) is 30.5 Å². The lowest BCUT2D eigenvalue weighted by Gasteiger charge is -2.17. The highest BCUT2D eigenvalue weighted by atomic mass is 19.4. The molecule has 0 bridgehead atoms. The summed E-state index contributed by atoms with van der Waals surface area (Å²) in [4.78, 5) is 0. The normalized spacial score (nSPS) is 13.4. The molecule has 6 heteroatoms. The molecule has 20 heavy (non-hydrogen) atoms. The third kappa shape index (κ3) is 5.90. The van der Waals surface area contributed by atoms with Crippen molar-refractivity contribution >= 4 is 0 Å². The van der Waals surface area contributed by atoms with Crippen LogP contribution in [0.4, 0.5) is 13.2 Å². The van der Waals surface area contributed by atoms with Crippen LogP contribution in [0.15, 0.2) is 24.3 Å². The number of rotatable bonds is 8. The van der Waals surface area contributed by atoms with E-state index in [4.69, 9.17) is 9.47 Å². The Labute approximate surface area is 117 Å². The van der Waals surface area contributed by atoms with Crippen molar-refractivity contribution < 1.29 is 22.6 Å². The number of hydrogen-bond acceptors (Lipinski definition) is 3. The van der Waals surface area contributed by atoms with E-state index >= 15 is 0 Å². The van der Waals surface area contributed by atoms with Crippen molar-refractivity contribution in [2.75, 3.05) is 20.8 Å². The Morgan fingerprint density at radius 2 is 1.80 bits per heavy atom. The quantitative estimate of drug-likeness (QED) is 0.589. The fourth-order valence-electron chi connectivity index (χ4n) is 1.76. The van der Waals surface area contributed by atoms with Crippen molar-refractivity contribution in [3.8, 4) is 0 Å². The fourth-order valence-corrected chi connectivity index (χ4v) is 1.76. The molecular formula is C14H20F3NO2. The molecule has 114 valence electrons. The van der Waals surface area contributed by atoms with Crippen LogP contribution in [0.1, 0.15) is 24.0 Å². The van der Waals surface area contributed by atoms with Crippen molar-refractivity contribution in [3.63, 3.8) is 0 Å². The summed E-state index contributed by atoms with van der Waals surface area (Å²) < 4.78 is 47.4. The van der Waals surface area contributed by atoms with Gasteiger partial charge in [-0.15, -0.1) is 0 Å². The van der Waals surface area contributed by atoms with Gasteiger partial charge in [0.25, 0.3) is 0 Å². The van der Waals surface area contributed by atoms with E-state index in [1.165, 1.54) is 12.1 Å². The third-order valence-corrected chi connectivity index (χ3v) is 2.91. The van der Waals surface area contributed by atoms with Gasteiger partial charge in [0.15, 0.2) is 0 Å². The Bertz CT molecular complexity index is 379. The summed E-state index contributed by atoms with van der Waals surface area (Å²) in [5.74, 6) is 0. The van der Waals surface area contributed by atoms with E-state index in [0.29, 0.717) is 13.2 Å². The summed E-state index contributed by atoms with van der Waals surface area (Å²) in [5, 5.41) is 3.14. The van der Waals surface area contributed by atoms with Gasteiger partial charge in [-0.1, -0.05) is 12.1 Å². The Morgan fingerprint density at radius 3 is 2.30 bits per heavy atom. The van der Waals surface area contributed by atoms with Gasteiger partial charge in [0, 0.05) is 27.4 Å². The number of nitrogens with one attached hydrogen (secondary N) is 1. The Kier molecular flexibility index (Phi) is 6.98. The van der Waals surface area contributed by atoms with Gasteiger partial charge in [-0.05, 0) is 30.5 Å².